The molecule has 0 heterocycles. The van der Waals surface area contributed by atoms with Gasteiger partial charge in [-0.25, -0.2) is 4.39 Å². The molecule has 100 valence electrons. The Morgan fingerprint density at radius 3 is 2.63 bits per heavy atom. The summed E-state index contributed by atoms with van der Waals surface area (Å²) < 4.78 is 26.4. The van der Waals surface area contributed by atoms with Crippen molar-refractivity contribution in [2.45, 2.75) is 17.2 Å². The summed E-state index contributed by atoms with van der Waals surface area (Å²) in [5, 5.41) is 0. The average Bonchev–Trinajstić information content (AvgIpc) is 2.39. The Kier molecular flexibility index (Phi) is 4.85. The SMILES string of the molecule is NCc1ccc(F)cc1CS(=O)c1cccc(Br)c1. The van der Waals surface area contributed by atoms with Gasteiger partial charge in [0.25, 0.3) is 0 Å². The van der Waals surface area contributed by atoms with Gasteiger partial charge in [0.05, 0.1) is 16.6 Å². The molecule has 0 saturated carbocycles. The second kappa shape index (κ2) is 6.41. The zero-order chi connectivity index (χ0) is 13.8. The molecule has 2 N–H and O–H groups in total. The number of benzene rings is 2. The van der Waals surface area contributed by atoms with Crippen molar-refractivity contribution in [3.8, 4) is 0 Å². The molecule has 0 amide bonds. The van der Waals surface area contributed by atoms with Crippen molar-refractivity contribution in [2.75, 3.05) is 0 Å². The van der Waals surface area contributed by atoms with Gasteiger partial charge in [-0.2, -0.15) is 0 Å². The van der Waals surface area contributed by atoms with E-state index >= 15 is 0 Å². The van der Waals surface area contributed by atoms with Crippen molar-refractivity contribution in [1.82, 2.24) is 0 Å². The van der Waals surface area contributed by atoms with E-state index in [1.54, 1.807) is 18.2 Å². The van der Waals surface area contributed by atoms with Crippen LogP contribution in [-0.4, -0.2) is 4.21 Å². The van der Waals surface area contributed by atoms with Crippen LogP contribution in [0.15, 0.2) is 51.8 Å². The van der Waals surface area contributed by atoms with Crippen molar-refractivity contribution in [3.05, 3.63) is 63.9 Å². The highest BCUT2D eigenvalue weighted by atomic mass is 79.9. The maximum absolute atomic E-state index is 13.3. The number of nitrogens with two attached hydrogens (primary N) is 1. The molecule has 0 fully saturated rings. The summed E-state index contributed by atoms with van der Waals surface area (Å²) >= 11 is 3.34. The highest BCUT2D eigenvalue weighted by Gasteiger charge is 2.10. The third-order valence-corrected chi connectivity index (χ3v) is 4.58. The fourth-order valence-corrected chi connectivity index (χ4v) is 3.52. The number of halogens is 2. The third-order valence-electron chi connectivity index (χ3n) is 2.73. The van der Waals surface area contributed by atoms with E-state index < -0.39 is 10.8 Å². The smallest absolute Gasteiger partial charge is 0.123 e. The Morgan fingerprint density at radius 2 is 1.95 bits per heavy atom. The molecule has 2 rings (SSSR count). The van der Waals surface area contributed by atoms with Gasteiger partial charge in [-0.15, -0.1) is 0 Å². The van der Waals surface area contributed by atoms with Crippen LogP contribution in [0.2, 0.25) is 0 Å². The lowest BCUT2D eigenvalue weighted by Crippen LogP contribution is -2.05. The van der Waals surface area contributed by atoms with Crippen LogP contribution in [0, 0.1) is 5.82 Å². The molecule has 2 aromatic carbocycles. The van der Waals surface area contributed by atoms with Crippen molar-refractivity contribution in [1.29, 1.82) is 0 Å². The fraction of sp³-hybridized carbons (Fsp3) is 0.143. The fourth-order valence-electron chi connectivity index (χ4n) is 1.76. The summed E-state index contributed by atoms with van der Waals surface area (Å²) in [4.78, 5) is 0.710. The standard InChI is InChI=1S/C14H13BrFNOS/c15-12-2-1-3-14(7-12)19(18)9-11-6-13(16)5-4-10(11)8-17/h1-7H,8-9,17H2. The minimum atomic E-state index is -1.22. The highest BCUT2D eigenvalue weighted by Crippen LogP contribution is 2.19. The van der Waals surface area contributed by atoms with E-state index in [1.807, 2.05) is 12.1 Å². The molecule has 19 heavy (non-hydrogen) atoms. The predicted molar refractivity (Wildman–Crippen MR) is 78.5 cm³/mol. The van der Waals surface area contributed by atoms with Gasteiger partial charge in [-0.1, -0.05) is 28.1 Å². The number of rotatable bonds is 4. The summed E-state index contributed by atoms with van der Waals surface area (Å²) in [5.41, 5.74) is 7.13. The second-order valence-corrected chi connectivity index (χ2v) is 6.43. The average molecular weight is 342 g/mol. The Labute approximate surface area is 122 Å². The largest absolute Gasteiger partial charge is 0.326 e. The third kappa shape index (κ3) is 3.72. The van der Waals surface area contributed by atoms with Gasteiger partial charge in [0, 0.05) is 15.9 Å². The van der Waals surface area contributed by atoms with E-state index in [2.05, 4.69) is 15.9 Å². The summed E-state index contributed by atoms with van der Waals surface area (Å²) in [5.74, 6) is -0.0701. The van der Waals surface area contributed by atoms with Crippen molar-refractivity contribution < 1.29 is 8.60 Å². The van der Waals surface area contributed by atoms with E-state index in [0.717, 1.165) is 10.0 Å². The molecule has 0 spiro atoms. The van der Waals surface area contributed by atoms with E-state index in [-0.39, 0.29) is 11.6 Å². The van der Waals surface area contributed by atoms with Crippen LogP contribution in [-0.2, 0) is 23.1 Å². The van der Waals surface area contributed by atoms with Crippen molar-refractivity contribution >= 4 is 26.7 Å². The van der Waals surface area contributed by atoms with Crippen molar-refractivity contribution in [3.63, 3.8) is 0 Å². The minimum Gasteiger partial charge on any atom is -0.326 e. The maximum Gasteiger partial charge on any atom is 0.123 e. The molecule has 2 aromatic rings. The Morgan fingerprint density at radius 1 is 1.16 bits per heavy atom. The van der Waals surface area contributed by atoms with E-state index in [1.165, 1.54) is 12.1 Å². The van der Waals surface area contributed by atoms with Crippen LogP contribution < -0.4 is 5.73 Å². The molecule has 0 radical (unpaired) electrons. The molecule has 1 unspecified atom stereocenters. The molecular formula is C14H13BrFNOS. The van der Waals surface area contributed by atoms with Gasteiger partial charge in [-0.3, -0.25) is 4.21 Å². The molecular weight excluding hydrogens is 329 g/mol. The van der Waals surface area contributed by atoms with Gasteiger partial charge in [0.2, 0.25) is 0 Å². The van der Waals surface area contributed by atoms with E-state index in [0.29, 0.717) is 17.0 Å². The maximum atomic E-state index is 13.3. The zero-order valence-electron chi connectivity index (χ0n) is 10.1. The molecule has 0 bridgehead atoms. The molecule has 0 saturated heterocycles. The number of hydrogen-bond acceptors (Lipinski definition) is 2. The molecule has 0 aliphatic carbocycles. The summed E-state index contributed by atoms with van der Waals surface area (Å²) in [7, 11) is -1.22. The lowest BCUT2D eigenvalue weighted by molar-refractivity contribution is 0.625. The first-order valence-electron chi connectivity index (χ1n) is 5.71. The Hall–Kier alpha value is -1.04. The monoisotopic (exact) mass is 341 g/mol. The molecule has 2 nitrogen and oxygen atoms in total. The van der Waals surface area contributed by atoms with Gasteiger partial charge in [0.15, 0.2) is 0 Å². The van der Waals surface area contributed by atoms with Gasteiger partial charge in [-0.05, 0) is 41.5 Å². The van der Waals surface area contributed by atoms with Crippen LogP contribution in [0.25, 0.3) is 0 Å². The first-order chi connectivity index (χ1) is 9.10. The molecule has 0 aromatic heterocycles. The summed E-state index contributed by atoms with van der Waals surface area (Å²) in [6.07, 6.45) is 0. The van der Waals surface area contributed by atoms with Crippen LogP contribution in [0.4, 0.5) is 4.39 Å². The van der Waals surface area contributed by atoms with E-state index in [4.69, 9.17) is 5.73 Å². The minimum absolute atomic E-state index is 0.265. The van der Waals surface area contributed by atoms with Gasteiger partial charge < -0.3 is 5.73 Å². The van der Waals surface area contributed by atoms with Crippen LogP contribution in [0.1, 0.15) is 11.1 Å². The van der Waals surface area contributed by atoms with E-state index in [9.17, 15) is 8.60 Å². The topological polar surface area (TPSA) is 43.1 Å². The second-order valence-electron chi connectivity index (χ2n) is 4.06. The van der Waals surface area contributed by atoms with Crippen LogP contribution in [0.3, 0.4) is 0 Å². The highest BCUT2D eigenvalue weighted by molar-refractivity contribution is 9.10. The van der Waals surface area contributed by atoms with Gasteiger partial charge >= 0.3 is 0 Å². The molecule has 0 aliphatic heterocycles. The Bertz CT molecular complexity index is 618. The zero-order valence-corrected chi connectivity index (χ0v) is 12.5. The summed E-state index contributed by atoms with van der Waals surface area (Å²) in [6, 6.07) is 11.7. The lowest BCUT2D eigenvalue weighted by atomic mass is 10.1. The summed E-state index contributed by atoms with van der Waals surface area (Å²) in [6.45, 7) is 0.311. The van der Waals surface area contributed by atoms with Gasteiger partial charge in [0.1, 0.15) is 5.82 Å². The Balaban J connectivity index is 2.26. The first-order valence-corrected chi connectivity index (χ1v) is 7.82. The lowest BCUT2D eigenvalue weighted by Gasteiger charge is -2.08. The quantitative estimate of drug-likeness (QED) is 0.926. The molecule has 0 aliphatic rings. The normalized spacial score (nSPS) is 12.4. The van der Waals surface area contributed by atoms with Crippen LogP contribution in [0.5, 0.6) is 0 Å². The van der Waals surface area contributed by atoms with Crippen LogP contribution >= 0.6 is 15.9 Å². The first kappa shape index (κ1) is 14.4. The predicted octanol–water partition coefficient (Wildman–Crippen LogP) is 3.35. The van der Waals surface area contributed by atoms with Crippen molar-refractivity contribution in [2.24, 2.45) is 5.73 Å². The number of hydrogen-bond donors (Lipinski definition) is 1. The molecule has 1 atom stereocenters. The molecule has 5 heteroatoms.